The van der Waals surface area contributed by atoms with Crippen LogP contribution >= 0.6 is 0 Å². The average molecular weight is 550 g/mol. The molecule has 2 saturated carbocycles. The van der Waals surface area contributed by atoms with Crippen LogP contribution in [0.4, 0.5) is 0 Å². The predicted molar refractivity (Wildman–Crippen MR) is 146 cm³/mol. The van der Waals surface area contributed by atoms with Crippen molar-refractivity contribution in [3.8, 4) is 0 Å². The minimum atomic E-state index is -1.49. The van der Waals surface area contributed by atoms with Crippen molar-refractivity contribution in [2.45, 2.75) is 101 Å². The van der Waals surface area contributed by atoms with E-state index in [1.165, 1.54) is 16.6 Å². The number of fused-ring (bicyclic) bond motifs is 9. The van der Waals surface area contributed by atoms with Crippen molar-refractivity contribution in [2.75, 3.05) is 19.8 Å². The van der Waals surface area contributed by atoms with E-state index in [1.807, 2.05) is 13.8 Å². The number of ketones is 1. The second-order valence-corrected chi connectivity index (χ2v) is 13.7. The van der Waals surface area contributed by atoms with Gasteiger partial charge in [0.15, 0.2) is 24.0 Å². The van der Waals surface area contributed by atoms with E-state index in [2.05, 4.69) is 43.1 Å². The van der Waals surface area contributed by atoms with Crippen LogP contribution in [0.5, 0.6) is 0 Å². The maximum absolute atomic E-state index is 13.5. The molecular weight excluding hydrogens is 510 g/mol. The van der Waals surface area contributed by atoms with Crippen molar-refractivity contribution in [3.63, 3.8) is 0 Å². The Bertz CT molecular complexity index is 1440. The summed E-state index contributed by atoms with van der Waals surface area (Å²) in [5.74, 6) is -1.03. The number of hydrogen-bond donors (Lipinski definition) is 2. The molecule has 3 aliphatic heterocycles. The number of carbonyl (C=O) groups excluding carboxylic acids is 1. The molecule has 8 rings (SSSR count). The molecule has 0 amide bonds. The van der Waals surface area contributed by atoms with Crippen molar-refractivity contribution in [3.05, 3.63) is 47.2 Å². The lowest BCUT2D eigenvalue weighted by Gasteiger charge is -2.67. The number of H-pyrrole nitrogens is 1. The molecule has 40 heavy (non-hydrogen) atoms. The summed E-state index contributed by atoms with van der Waals surface area (Å²) < 4.78 is 31.0. The zero-order valence-corrected chi connectivity index (χ0v) is 23.7. The van der Waals surface area contributed by atoms with Crippen molar-refractivity contribution in [1.82, 2.24) is 4.98 Å². The maximum atomic E-state index is 13.5. The molecule has 2 aromatic rings. The van der Waals surface area contributed by atoms with Gasteiger partial charge in [-0.05, 0) is 56.7 Å². The van der Waals surface area contributed by atoms with Gasteiger partial charge >= 0.3 is 0 Å². The van der Waals surface area contributed by atoms with Gasteiger partial charge < -0.3 is 33.8 Å². The van der Waals surface area contributed by atoms with Crippen LogP contribution in [0.15, 0.2) is 35.9 Å². The largest absolute Gasteiger partial charge is 0.382 e. The summed E-state index contributed by atoms with van der Waals surface area (Å²) in [6.45, 7) is 9.88. The Morgan fingerprint density at radius 2 is 1.88 bits per heavy atom. The number of nitrogens with one attached hydrogen (secondary N) is 1. The third kappa shape index (κ3) is 2.95. The molecule has 2 bridgehead atoms. The third-order valence-corrected chi connectivity index (χ3v) is 11.6. The third-order valence-electron chi connectivity index (χ3n) is 11.6. The molecule has 1 aromatic heterocycles. The highest BCUT2D eigenvalue weighted by atomic mass is 16.8. The summed E-state index contributed by atoms with van der Waals surface area (Å²) >= 11 is 0. The number of benzene rings is 1. The van der Waals surface area contributed by atoms with E-state index in [0.29, 0.717) is 51.1 Å². The first-order valence-electron chi connectivity index (χ1n) is 14.9. The van der Waals surface area contributed by atoms with E-state index in [9.17, 15) is 9.90 Å². The van der Waals surface area contributed by atoms with Crippen LogP contribution in [0.1, 0.15) is 64.6 Å². The Balaban J connectivity index is 1.27. The normalized spacial score (nSPS) is 43.4. The van der Waals surface area contributed by atoms with Crippen molar-refractivity contribution < 1.29 is 33.6 Å². The van der Waals surface area contributed by atoms with E-state index in [4.69, 9.17) is 23.7 Å². The van der Waals surface area contributed by atoms with Crippen LogP contribution < -0.4 is 0 Å². The highest BCUT2D eigenvalue weighted by Gasteiger charge is 2.78. The van der Waals surface area contributed by atoms with Gasteiger partial charge in [-0.25, -0.2) is 0 Å². The van der Waals surface area contributed by atoms with E-state index < -0.39 is 34.6 Å². The van der Waals surface area contributed by atoms with Gasteiger partial charge in [-0.3, -0.25) is 4.79 Å². The monoisotopic (exact) mass is 549 g/mol. The number of hydrogen-bond acceptors (Lipinski definition) is 7. The van der Waals surface area contributed by atoms with Crippen LogP contribution in [0, 0.1) is 11.3 Å². The molecule has 0 radical (unpaired) electrons. The van der Waals surface area contributed by atoms with Gasteiger partial charge in [0.2, 0.25) is 0 Å². The quantitative estimate of drug-likeness (QED) is 0.593. The molecular formula is C32H39NO7. The summed E-state index contributed by atoms with van der Waals surface area (Å²) in [4.78, 5) is 17.3. The lowest BCUT2D eigenvalue weighted by atomic mass is 9.41. The minimum absolute atomic E-state index is 0.151. The topological polar surface area (TPSA) is 99.2 Å². The first kappa shape index (κ1) is 25.6. The Morgan fingerprint density at radius 3 is 2.67 bits per heavy atom. The molecule has 6 aliphatic rings. The molecule has 2 N–H and O–H groups in total. The number of carbonyl (C=O) groups is 1. The molecule has 4 heterocycles. The zero-order valence-electron chi connectivity index (χ0n) is 23.7. The molecule has 7 atom stereocenters. The number of aromatic nitrogens is 1. The highest BCUT2D eigenvalue weighted by Crippen LogP contribution is 2.72. The maximum Gasteiger partial charge on any atom is 0.195 e. The molecule has 8 heteroatoms. The number of aliphatic hydroxyl groups is 1. The Kier molecular flexibility index (Phi) is 5.16. The second kappa shape index (κ2) is 8.06. The van der Waals surface area contributed by atoms with Gasteiger partial charge in [-0.1, -0.05) is 32.0 Å². The number of aromatic amines is 1. The second-order valence-electron chi connectivity index (χ2n) is 13.7. The standard InChI is InChI=1S/C32H39NO7/c1-28(2)27-22(34)17-23-31(39-27,40-28)11-10-29(3)30(4)18(15-20-19-7-5-6-8-21(19)33-26(20)30)16-24(32(23,29)35)36-12-9-25-37-13-14-38-25/h5-8,17-18,24-25,27,33,35H,9-16H2,1-4H3/t18-,24+,27+,29-,30-,31+,32+/m1/s1. The fraction of sp³-hybridized carbons (Fsp3) is 0.656. The molecule has 1 aromatic carbocycles. The van der Waals surface area contributed by atoms with Gasteiger partial charge in [-0.2, -0.15) is 0 Å². The van der Waals surface area contributed by atoms with Gasteiger partial charge in [-0.15, -0.1) is 0 Å². The highest BCUT2D eigenvalue weighted by molar-refractivity contribution is 5.97. The molecule has 2 saturated heterocycles. The number of para-hydroxylation sites is 1. The van der Waals surface area contributed by atoms with Crippen LogP contribution in [0.3, 0.4) is 0 Å². The Hall–Kier alpha value is -2.07. The summed E-state index contributed by atoms with van der Waals surface area (Å²) in [6, 6.07) is 8.47. The Labute approximate surface area is 234 Å². The average Bonchev–Trinajstić information content (AvgIpc) is 3.67. The van der Waals surface area contributed by atoms with Gasteiger partial charge in [0.1, 0.15) is 11.2 Å². The first-order chi connectivity index (χ1) is 19.0. The molecule has 0 unspecified atom stereocenters. The van der Waals surface area contributed by atoms with Crippen LogP contribution in [-0.2, 0) is 40.3 Å². The lowest BCUT2D eigenvalue weighted by molar-refractivity contribution is -0.281. The minimum Gasteiger partial charge on any atom is -0.382 e. The van der Waals surface area contributed by atoms with Crippen LogP contribution in [0.2, 0.25) is 0 Å². The number of ether oxygens (including phenoxy) is 5. The van der Waals surface area contributed by atoms with Gasteiger partial charge in [0.25, 0.3) is 0 Å². The smallest absolute Gasteiger partial charge is 0.195 e. The van der Waals surface area contributed by atoms with E-state index >= 15 is 0 Å². The molecule has 4 fully saturated rings. The zero-order chi connectivity index (χ0) is 27.7. The van der Waals surface area contributed by atoms with Gasteiger partial charge in [0, 0.05) is 45.8 Å². The summed E-state index contributed by atoms with van der Waals surface area (Å²) in [7, 11) is 0. The summed E-state index contributed by atoms with van der Waals surface area (Å²) in [6.07, 6.45) is 3.51. The molecule has 214 valence electrons. The van der Waals surface area contributed by atoms with Gasteiger partial charge in [0.05, 0.1) is 25.9 Å². The fourth-order valence-electron chi connectivity index (χ4n) is 9.47. The molecule has 3 aliphatic carbocycles. The SMILES string of the molecule is CC1(C)O[C@@]23CC[C@]4(C)[C@@]5(C)c6[nH]c7ccccc7c6C[C@@H]5C[C@H](OCCC5OCCO5)[C@@]4(O)C2=CC(=O)[C@@H]1O3. The lowest BCUT2D eigenvalue weighted by Crippen LogP contribution is -2.74. The van der Waals surface area contributed by atoms with Crippen molar-refractivity contribution in [2.24, 2.45) is 11.3 Å². The van der Waals surface area contributed by atoms with Crippen molar-refractivity contribution in [1.29, 1.82) is 0 Å². The van der Waals surface area contributed by atoms with E-state index in [1.54, 1.807) is 6.08 Å². The number of rotatable bonds is 4. The first-order valence-corrected chi connectivity index (χ1v) is 14.9. The molecule has 1 spiro atoms. The van der Waals surface area contributed by atoms with Crippen LogP contribution in [0.25, 0.3) is 10.9 Å². The van der Waals surface area contributed by atoms with Crippen LogP contribution in [-0.4, -0.2) is 71.2 Å². The fourth-order valence-corrected chi connectivity index (χ4v) is 9.47. The Morgan fingerprint density at radius 1 is 1.10 bits per heavy atom. The van der Waals surface area contributed by atoms with E-state index in [-0.39, 0.29) is 23.4 Å². The van der Waals surface area contributed by atoms with E-state index in [0.717, 1.165) is 11.9 Å². The summed E-state index contributed by atoms with van der Waals surface area (Å²) in [5, 5.41) is 14.6. The predicted octanol–water partition coefficient (Wildman–Crippen LogP) is 4.08. The summed E-state index contributed by atoms with van der Waals surface area (Å²) in [5.41, 5.74) is 0.872. The van der Waals surface area contributed by atoms with Crippen molar-refractivity contribution >= 4 is 16.7 Å². The molecule has 8 nitrogen and oxygen atoms in total.